The molecule has 4 N–H and O–H groups in total. The van der Waals surface area contributed by atoms with Crippen molar-refractivity contribution in [2.24, 2.45) is 5.73 Å². The minimum atomic E-state index is -0.515. The molecule has 25 heavy (non-hydrogen) atoms. The van der Waals surface area contributed by atoms with Gasteiger partial charge < -0.3 is 20.2 Å². The number of aromatic amines is 1. The number of nitrogens with one attached hydrogen (secondary N) is 2. The molecule has 0 aliphatic carbocycles. The average Bonchev–Trinajstić information content (AvgIpc) is 2.93. The number of para-hydroxylation sites is 1. The number of primary amides is 1. The van der Waals surface area contributed by atoms with Gasteiger partial charge in [-0.15, -0.1) is 0 Å². The highest BCUT2D eigenvalue weighted by molar-refractivity contribution is 5.94. The molecule has 0 unspecified atom stereocenters. The second-order valence-electron chi connectivity index (χ2n) is 5.90. The highest BCUT2D eigenvalue weighted by Crippen LogP contribution is 2.28. The van der Waals surface area contributed by atoms with E-state index in [1.165, 1.54) is 0 Å². The van der Waals surface area contributed by atoms with Crippen LogP contribution in [0.15, 0.2) is 45.6 Å². The minimum absolute atomic E-state index is 0.0604. The molecule has 7 nitrogen and oxygen atoms in total. The molecular formula is C18H19N3O4. The van der Waals surface area contributed by atoms with Crippen LogP contribution in [0.25, 0.3) is 11.1 Å². The Labute approximate surface area is 143 Å². The first-order valence-electron chi connectivity index (χ1n) is 7.89. The maximum Gasteiger partial charge on any atom is 0.417 e. The Bertz CT molecular complexity index is 972. The molecule has 1 heterocycles. The van der Waals surface area contributed by atoms with Crippen molar-refractivity contribution >= 4 is 22.7 Å². The number of rotatable bonds is 6. The second kappa shape index (κ2) is 6.72. The number of fused-ring (bicyclic) bond motifs is 1. The van der Waals surface area contributed by atoms with Crippen LogP contribution in [0.5, 0.6) is 5.75 Å². The molecule has 3 aromatic rings. The van der Waals surface area contributed by atoms with Gasteiger partial charge in [0.15, 0.2) is 5.58 Å². The first-order chi connectivity index (χ1) is 11.9. The maximum absolute atomic E-state index is 11.4. The molecule has 1 aromatic heterocycles. The zero-order valence-electron chi connectivity index (χ0n) is 14.0. The summed E-state index contributed by atoms with van der Waals surface area (Å²) < 4.78 is 11.0. The topological polar surface area (TPSA) is 110 Å². The van der Waals surface area contributed by atoms with Crippen molar-refractivity contribution < 1.29 is 13.9 Å². The van der Waals surface area contributed by atoms with Gasteiger partial charge in [-0.1, -0.05) is 12.1 Å². The van der Waals surface area contributed by atoms with Crippen LogP contribution in [-0.2, 0) is 6.54 Å². The Kier molecular flexibility index (Phi) is 4.47. The van der Waals surface area contributed by atoms with Crippen LogP contribution in [0.1, 0.15) is 29.8 Å². The van der Waals surface area contributed by atoms with Crippen molar-refractivity contribution in [1.82, 2.24) is 4.98 Å². The third-order valence-corrected chi connectivity index (χ3v) is 3.63. The fourth-order valence-corrected chi connectivity index (χ4v) is 2.53. The summed E-state index contributed by atoms with van der Waals surface area (Å²) >= 11 is 0. The van der Waals surface area contributed by atoms with Gasteiger partial charge in [0.1, 0.15) is 5.75 Å². The van der Waals surface area contributed by atoms with Gasteiger partial charge in [0.25, 0.3) is 0 Å². The Balaban J connectivity index is 1.88. The molecule has 0 bridgehead atoms. The number of aromatic nitrogens is 1. The summed E-state index contributed by atoms with van der Waals surface area (Å²) in [5.74, 6) is -0.467. The van der Waals surface area contributed by atoms with Crippen molar-refractivity contribution in [3.05, 3.63) is 58.1 Å². The van der Waals surface area contributed by atoms with Crippen LogP contribution in [0.3, 0.4) is 0 Å². The summed E-state index contributed by atoms with van der Waals surface area (Å²) in [6.07, 6.45) is -0.0604. The largest absolute Gasteiger partial charge is 0.489 e. The summed E-state index contributed by atoms with van der Waals surface area (Å²) in [4.78, 5) is 25.4. The molecule has 7 heteroatoms. The lowest BCUT2D eigenvalue weighted by atomic mass is 10.1. The van der Waals surface area contributed by atoms with E-state index in [9.17, 15) is 9.59 Å². The number of hydrogen-bond acceptors (Lipinski definition) is 5. The molecule has 0 atom stereocenters. The highest BCUT2D eigenvalue weighted by atomic mass is 16.5. The standard InChI is InChI=1S/C18H19N3O4/c1-10(2)24-15-8-11(17(19)22)6-7-13(15)20-9-12-4-3-5-14-16(12)25-18(23)21-14/h3-8,10,20H,9H2,1-2H3,(H2,19,22)(H,21,23). The quantitative estimate of drug-likeness (QED) is 0.638. The lowest BCUT2D eigenvalue weighted by molar-refractivity contribution is 0.0999. The molecule has 0 fully saturated rings. The second-order valence-corrected chi connectivity index (χ2v) is 5.90. The van der Waals surface area contributed by atoms with Gasteiger partial charge in [0.05, 0.1) is 17.3 Å². The van der Waals surface area contributed by atoms with Gasteiger partial charge >= 0.3 is 5.76 Å². The normalized spacial score (nSPS) is 11.0. The van der Waals surface area contributed by atoms with Gasteiger partial charge in [-0.25, -0.2) is 4.79 Å². The minimum Gasteiger partial charge on any atom is -0.489 e. The van der Waals surface area contributed by atoms with Gasteiger partial charge in [0.2, 0.25) is 5.91 Å². The molecule has 3 rings (SSSR count). The maximum atomic E-state index is 11.4. The highest BCUT2D eigenvalue weighted by Gasteiger charge is 2.12. The number of hydrogen-bond donors (Lipinski definition) is 3. The third kappa shape index (κ3) is 3.65. The molecule has 0 saturated carbocycles. The SMILES string of the molecule is CC(C)Oc1cc(C(N)=O)ccc1NCc1cccc2[nH]c(=O)oc12. The molecule has 1 amide bonds. The third-order valence-electron chi connectivity index (χ3n) is 3.63. The monoisotopic (exact) mass is 341 g/mol. The van der Waals surface area contributed by atoms with Crippen LogP contribution in [0, 0.1) is 0 Å². The van der Waals surface area contributed by atoms with Gasteiger partial charge in [0, 0.05) is 17.7 Å². The fraction of sp³-hybridized carbons (Fsp3) is 0.222. The predicted molar refractivity (Wildman–Crippen MR) is 94.9 cm³/mol. The Morgan fingerprint density at radius 2 is 2.12 bits per heavy atom. The molecule has 0 spiro atoms. The van der Waals surface area contributed by atoms with Crippen molar-refractivity contribution in [3.63, 3.8) is 0 Å². The molecular weight excluding hydrogens is 322 g/mol. The van der Waals surface area contributed by atoms with Crippen LogP contribution in [0.2, 0.25) is 0 Å². The first kappa shape index (κ1) is 16.6. The number of nitrogens with two attached hydrogens (primary N) is 1. The number of anilines is 1. The number of carbonyl (C=O) groups excluding carboxylic acids is 1. The average molecular weight is 341 g/mol. The molecule has 2 aromatic carbocycles. The number of oxazole rings is 1. The molecule has 130 valence electrons. The van der Waals surface area contributed by atoms with E-state index in [2.05, 4.69) is 10.3 Å². The number of amides is 1. The zero-order chi connectivity index (χ0) is 18.0. The summed E-state index contributed by atoms with van der Waals surface area (Å²) in [6, 6.07) is 10.5. The molecule has 0 radical (unpaired) electrons. The Hall–Kier alpha value is -3.22. The summed E-state index contributed by atoms with van der Waals surface area (Å²) in [5.41, 5.74) is 8.41. The molecule has 0 aliphatic rings. The number of benzene rings is 2. The van der Waals surface area contributed by atoms with Crippen molar-refractivity contribution in [2.75, 3.05) is 5.32 Å². The van der Waals surface area contributed by atoms with E-state index < -0.39 is 11.7 Å². The first-order valence-corrected chi connectivity index (χ1v) is 7.89. The van der Waals surface area contributed by atoms with Crippen molar-refractivity contribution in [3.8, 4) is 5.75 Å². The lowest BCUT2D eigenvalue weighted by Gasteiger charge is -2.16. The number of H-pyrrole nitrogens is 1. The Morgan fingerprint density at radius 1 is 1.32 bits per heavy atom. The summed E-state index contributed by atoms with van der Waals surface area (Å²) in [6.45, 7) is 4.22. The van der Waals surface area contributed by atoms with E-state index in [4.69, 9.17) is 14.9 Å². The van der Waals surface area contributed by atoms with E-state index in [-0.39, 0.29) is 6.10 Å². The fourth-order valence-electron chi connectivity index (χ4n) is 2.53. The van der Waals surface area contributed by atoms with E-state index >= 15 is 0 Å². The summed E-state index contributed by atoms with van der Waals surface area (Å²) in [5, 5.41) is 3.25. The van der Waals surface area contributed by atoms with E-state index in [0.717, 1.165) is 5.56 Å². The molecule has 0 saturated heterocycles. The Morgan fingerprint density at radius 3 is 2.84 bits per heavy atom. The lowest BCUT2D eigenvalue weighted by Crippen LogP contribution is -2.13. The number of carbonyl (C=O) groups is 1. The number of ether oxygens (including phenoxy) is 1. The predicted octanol–water partition coefficient (Wildman–Crippen LogP) is 2.62. The zero-order valence-corrected chi connectivity index (χ0v) is 14.0. The van der Waals surface area contributed by atoms with Gasteiger partial charge in [-0.05, 0) is 38.1 Å². The van der Waals surface area contributed by atoms with Crippen molar-refractivity contribution in [2.45, 2.75) is 26.5 Å². The van der Waals surface area contributed by atoms with E-state index in [1.807, 2.05) is 26.0 Å². The smallest absolute Gasteiger partial charge is 0.417 e. The van der Waals surface area contributed by atoms with Crippen LogP contribution < -0.4 is 21.5 Å². The van der Waals surface area contributed by atoms with Crippen molar-refractivity contribution in [1.29, 1.82) is 0 Å². The van der Waals surface area contributed by atoms with Crippen LogP contribution in [-0.4, -0.2) is 17.0 Å². The van der Waals surface area contributed by atoms with Crippen LogP contribution >= 0.6 is 0 Å². The van der Waals surface area contributed by atoms with E-state index in [1.54, 1.807) is 24.3 Å². The molecule has 0 aliphatic heterocycles. The van der Waals surface area contributed by atoms with Crippen LogP contribution in [0.4, 0.5) is 5.69 Å². The van der Waals surface area contributed by atoms with Gasteiger partial charge in [-0.2, -0.15) is 0 Å². The van der Waals surface area contributed by atoms with Gasteiger partial charge in [-0.3, -0.25) is 9.78 Å². The van der Waals surface area contributed by atoms with E-state index in [0.29, 0.717) is 34.6 Å². The summed E-state index contributed by atoms with van der Waals surface area (Å²) in [7, 11) is 0.